The van der Waals surface area contributed by atoms with Gasteiger partial charge in [0.15, 0.2) is 5.75 Å². The van der Waals surface area contributed by atoms with E-state index in [1.807, 2.05) is 13.8 Å². The summed E-state index contributed by atoms with van der Waals surface area (Å²) in [4.78, 5) is 8.78. The number of aliphatic hydroxyl groups excluding tert-OH is 1. The fourth-order valence-corrected chi connectivity index (χ4v) is 3.44. The lowest BCUT2D eigenvalue weighted by Gasteiger charge is -2.21. The maximum atomic E-state index is 12.7. The zero-order valence-electron chi connectivity index (χ0n) is 18.0. The largest absolute Gasteiger partial charge is 0.573 e. The standard InChI is InChI=1S/C22H21Cl2F3N4O3/c1-11(2)18(10-32)30-21-29-17(12-4-3-5-14(6-12)34-22(25,26)27)9-19(31-21)28-13-7-15(23)20(33)16(24)8-13/h3-9,11,18,32-33H,10H2,1-2H3,(H2,28,29,30,31)/t18-/m0/s1. The van der Waals surface area contributed by atoms with Gasteiger partial charge in [-0.05, 0) is 30.2 Å². The fraction of sp³-hybridized carbons (Fsp3) is 0.273. The van der Waals surface area contributed by atoms with Crippen LogP contribution in [0.5, 0.6) is 11.5 Å². The van der Waals surface area contributed by atoms with Gasteiger partial charge in [-0.25, -0.2) is 4.98 Å². The number of anilines is 3. The Morgan fingerprint density at radius 1 is 1.06 bits per heavy atom. The summed E-state index contributed by atoms with van der Waals surface area (Å²) >= 11 is 12.0. The lowest BCUT2D eigenvalue weighted by Crippen LogP contribution is -2.30. The summed E-state index contributed by atoms with van der Waals surface area (Å²) in [5.74, 6) is -0.255. The van der Waals surface area contributed by atoms with Crippen molar-refractivity contribution in [3.8, 4) is 22.8 Å². The molecule has 0 saturated carbocycles. The highest BCUT2D eigenvalue weighted by molar-refractivity contribution is 6.37. The number of hydrogen-bond donors (Lipinski definition) is 4. The summed E-state index contributed by atoms with van der Waals surface area (Å²) in [6, 6.07) is 9.35. The first-order valence-electron chi connectivity index (χ1n) is 10.0. The van der Waals surface area contributed by atoms with Crippen molar-refractivity contribution >= 4 is 40.7 Å². The Bertz CT molecular complexity index is 1140. The van der Waals surface area contributed by atoms with Crippen molar-refractivity contribution in [1.29, 1.82) is 0 Å². The molecule has 34 heavy (non-hydrogen) atoms. The van der Waals surface area contributed by atoms with E-state index >= 15 is 0 Å². The summed E-state index contributed by atoms with van der Waals surface area (Å²) in [5, 5.41) is 25.5. The molecule has 2 aromatic carbocycles. The number of alkyl halides is 3. The second kappa shape index (κ2) is 10.5. The predicted molar refractivity (Wildman–Crippen MR) is 125 cm³/mol. The molecule has 0 spiro atoms. The van der Waals surface area contributed by atoms with E-state index in [-0.39, 0.29) is 51.8 Å². The first-order chi connectivity index (χ1) is 15.9. The zero-order valence-corrected chi connectivity index (χ0v) is 19.5. The third kappa shape index (κ3) is 6.78. The van der Waals surface area contributed by atoms with Gasteiger partial charge >= 0.3 is 6.36 Å². The van der Waals surface area contributed by atoms with E-state index < -0.39 is 12.1 Å². The van der Waals surface area contributed by atoms with Gasteiger partial charge in [-0.2, -0.15) is 4.98 Å². The van der Waals surface area contributed by atoms with E-state index in [9.17, 15) is 23.4 Å². The second-order valence-corrected chi connectivity index (χ2v) is 8.44. The summed E-state index contributed by atoms with van der Waals surface area (Å²) in [5.41, 5.74) is 1.02. The van der Waals surface area contributed by atoms with Crippen LogP contribution in [0.1, 0.15) is 13.8 Å². The van der Waals surface area contributed by atoms with Crippen molar-refractivity contribution < 1.29 is 28.1 Å². The molecule has 1 atom stereocenters. The number of rotatable bonds is 8. The van der Waals surface area contributed by atoms with Gasteiger partial charge in [0.2, 0.25) is 5.95 Å². The summed E-state index contributed by atoms with van der Waals surface area (Å²) in [6.45, 7) is 3.61. The first-order valence-corrected chi connectivity index (χ1v) is 10.8. The van der Waals surface area contributed by atoms with Gasteiger partial charge in [-0.3, -0.25) is 0 Å². The number of aromatic nitrogens is 2. The van der Waals surface area contributed by atoms with Crippen LogP contribution in [0.15, 0.2) is 42.5 Å². The molecule has 0 aliphatic carbocycles. The maximum absolute atomic E-state index is 12.7. The maximum Gasteiger partial charge on any atom is 0.573 e. The van der Waals surface area contributed by atoms with Crippen LogP contribution in [0.4, 0.5) is 30.6 Å². The molecule has 7 nitrogen and oxygen atoms in total. The van der Waals surface area contributed by atoms with Crippen molar-refractivity contribution in [3.63, 3.8) is 0 Å². The van der Waals surface area contributed by atoms with E-state index in [1.165, 1.54) is 36.4 Å². The number of benzene rings is 2. The quantitative estimate of drug-likeness (QED) is 0.263. The van der Waals surface area contributed by atoms with Crippen molar-refractivity contribution in [2.45, 2.75) is 26.3 Å². The monoisotopic (exact) mass is 516 g/mol. The molecule has 0 amide bonds. The number of ether oxygens (including phenoxy) is 1. The Kier molecular flexibility index (Phi) is 7.96. The number of nitrogens with zero attached hydrogens (tertiary/aromatic N) is 2. The fourth-order valence-electron chi connectivity index (χ4n) is 2.95. The van der Waals surface area contributed by atoms with Gasteiger partial charge in [-0.15, -0.1) is 13.2 Å². The Labute approximate surface area is 203 Å². The van der Waals surface area contributed by atoms with Gasteiger partial charge in [-0.1, -0.05) is 49.2 Å². The number of halogens is 5. The molecule has 182 valence electrons. The molecule has 0 unspecified atom stereocenters. The number of phenols is 1. The van der Waals surface area contributed by atoms with Crippen molar-refractivity contribution in [3.05, 3.63) is 52.5 Å². The van der Waals surface area contributed by atoms with Gasteiger partial charge < -0.3 is 25.6 Å². The molecule has 0 aliphatic rings. The normalized spacial score (nSPS) is 12.5. The van der Waals surface area contributed by atoms with E-state index in [0.29, 0.717) is 11.3 Å². The molecule has 1 heterocycles. The van der Waals surface area contributed by atoms with E-state index in [1.54, 1.807) is 6.07 Å². The average Bonchev–Trinajstić information content (AvgIpc) is 2.74. The molecular formula is C22H21Cl2F3N4O3. The second-order valence-electron chi connectivity index (χ2n) is 7.63. The molecule has 12 heteroatoms. The Balaban J connectivity index is 2.03. The van der Waals surface area contributed by atoms with Crippen LogP contribution in [-0.4, -0.2) is 39.2 Å². The highest BCUT2D eigenvalue weighted by Crippen LogP contribution is 2.36. The van der Waals surface area contributed by atoms with Gasteiger partial charge in [0.1, 0.15) is 11.6 Å². The van der Waals surface area contributed by atoms with Crippen LogP contribution < -0.4 is 15.4 Å². The van der Waals surface area contributed by atoms with Gasteiger partial charge in [0, 0.05) is 17.3 Å². The minimum absolute atomic E-state index is 0.0137. The third-order valence-corrected chi connectivity index (χ3v) is 5.27. The number of phenolic OH excluding ortho intramolecular Hbond substituents is 1. The topological polar surface area (TPSA) is 99.5 Å². The number of aromatic hydroxyl groups is 1. The first kappa shape index (κ1) is 25.7. The molecule has 1 aromatic heterocycles. The molecule has 4 N–H and O–H groups in total. The Hall–Kier alpha value is -2.95. The molecule has 0 aliphatic heterocycles. The third-order valence-electron chi connectivity index (χ3n) is 4.69. The van der Waals surface area contributed by atoms with Crippen LogP contribution in [-0.2, 0) is 0 Å². The van der Waals surface area contributed by atoms with Crippen LogP contribution >= 0.6 is 23.2 Å². The van der Waals surface area contributed by atoms with Crippen molar-refractivity contribution in [1.82, 2.24) is 9.97 Å². The number of hydrogen-bond acceptors (Lipinski definition) is 7. The lowest BCUT2D eigenvalue weighted by molar-refractivity contribution is -0.274. The van der Waals surface area contributed by atoms with Crippen LogP contribution in [0.2, 0.25) is 10.0 Å². The van der Waals surface area contributed by atoms with Crippen molar-refractivity contribution in [2.75, 3.05) is 17.2 Å². The minimum atomic E-state index is -4.84. The van der Waals surface area contributed by atoms with Crippen LogP contribution in [0, 0.1) is 5.92 Å². The molecule has 3 aromatic rings. The molecule has 0 bridgehead atoms. The Morgan fingerprint density at radius 2 is 1.74 bits per heavy atom. The lowest BCUT2D eigenvalue weighted by atomic mass is 10.1. The van der Waals surface area contributed by atoms with Gasteiger partial charge in [0.05, 0.1) is 28.4 Å². The predicted octanol–water partition coefficient (Wildman–Crippen LogP) is 6.23. The summed E-state index contributed by atoms with van der Waals surface area (Å²) in [6.07, 6.45) is -4.84. The van der Waals surface area contributed by atoms with Crippen molar-refractivity contribution in [2.24, 2.45) is 5.92 Å². The molecule has 0 fully saturated rings. The summed E-state index contributed by atoms with van der Waals surface area (Å²) in [7, 11) is 0. The zero-order chi connectivity index (χ0) is 25.0. The SMILES string of the molecule is CC(C)[C@H](CO)Nc1nc(Nc2cc(Cl)c(O)c(Cl)c2)cc(-c2cccc(OC(F)(F)F)c2)n1. The molecule has 0 saturated heterocycles. The van der Waals surface area contributed by atoms with E-state index in [4.69, 9.17) is 23.2 Å². The highest BCUT2D eigenvalue weighted by Gasteiger charge is 2.31. The van der Waals surface area contributed by atoms with Crippen LogP contribution in [0.3, 0.4) is 0 Å². The molecule has 0 radical (unpaired) electrons. The minimum Gasteiger partial charge on any atom is -0.505 e. The van der Waals surface area contributed by atoms with Gasteiger partial charge in [0.25, 0.3) is 0 Å². The molecule has 3 rings (SSSR count). The highest BCUT2D eigenvalue weighted by atomic mass is 35.5. The number of nitrogens with one attached hydrogen (secondary N) is 2. The van der Waals surface area contributed by atoms with E-state index in [0.717, 1.165) is 0 Å². The number of aliphatic hydroxyl groups is 1. The summed E-state index contributed by atoms with van der Waals surface area (Å²) < 4.78 is 42.0. The van der Waals surface area contributed by atoms with E-state index in [2.05, 4.69) is 25.3 Å². The Morgan fingerprint density at radius 3 is 2.32 bits per heavy atom. The average molecular weight is 517 g/mol. The molecular weight excluding hydrogens is 496 g/mol. The smallest absolute Gasteiger partial charge is 0.505 e. The van der Waals surface area contributed by atoms with Crippen LogP contribution in [0.25, 0.3) is 11.3 Å².